The summed E-state index contributed by atoms with van der Waals surface area (Å²) in [7, 11) is 1.83. The molecular formula is C14H21ClO3S. The van der Waals surface area contributed by atoms with Crippen LogP contribution in [-0.2, 0) is 9.05 Å². The fourth-order valence-corrected chi connectivity index (χ4v) is 3.38. The van der Waals surface area contributed by atoms with Crippen LogP contribution in [-0.4, -0.2) is 20.8 Å². The number of aryl methyl sites for hydroxylation is 2. The first kappa shape index (κ1) is 16.3. The zero-order chi connectivity index (χ0) is 14.6. The summed E-state index contributed by atoms with van der Waals surface area (Å²) in [6, 6.07) is 5.93. The highest BCUT2D eigenvalue weighted by molar-refractivity contribution is 8.13. The fourth-order valence-electron chi connectivity index (χ4n) is 1.91. The van der Waals surface area contributed by atoms with Gasteiger partial charge < -0.3 is 4.74 Å². The van der Waals surface area contributed by atoms with Crippen LogP contribution in [0.25, 0.3) is 0 Å². The van der Waals surface area contributed by atoms with Gasteiger partial charge in [-0.05, 0) is 30.9 Å². The van der Waals surface area contributed by atoms with Crippen molar-refractivity contribution in [2.24, 2.45) is 11.8 Å². The Morgan fingerprint density at radius 1 is 1.21 bits per heavy atom. The normalized spacial score (nSPS) is 13.6. The molecule has 19 heavy (non-hydrogen) atoms. The molecule has 0 aliphatic rings. The van der Waals surface area contributed by atoms with Crippen molar-refractivity contribution >= 4 is 19.7 Å². The van der Waals surface area contributed by atoms with Gasteiger partial charge in [0.2, 0.25) is 9.05 Å². The van der Waals surface area contributed by atoms with Gasteiger partial charge in [-0.15, -0.1) is 0 Å². The lowest BCUT2D eigenvalue weighted by Gasteiger charge is -2.21. The molecule has 0 saturated carbocycles. The molecule has 3 nitrogen and oxygen atoms in total. The van der Waals surface area contributed by atoms with Crippen LogP contribution < -0.4 is 4.74 Å². The SMILES string of the molecule is Cc1cccc(C)c1OCC(CS(=O)(=O)Cl)C(C)C. The van der Waals surface area contributed by atoms with Crippen molar-refractivity contribution in [2.75, 3.05) is 12.4 Å². The maximum Gasteiger partial charge on any atom is 0.233 e. The Hall–Kier alpha value is -0.740. The van der Waals surface area contributed by atoms with Gasteiger partial charge in [-0.3, -0.25) is 0 Å². The number of hydrogen-bond acceptors (Lipinski definition) is 3. The van der Waals surface area contributed by atoms with E-state index in [0.29, 0.717) is 6.61 Å². The molecule has 0 radical (unpaired) electrons. The molecule has 0 bridgehead atoms. The number of rotatable bonds is 6. The van der Waals surface area contributed by atoms with Gasteiger partial charge >= 0.3 is 0 Å². The Balaban J connectivity index is 2.77. The summed E-state index contributed by atoms with van der Waals surface area (Å²) in [4.78, 5) is 0. The molecule has 0 heterocycles. The molecule has 0 saturated heterocycles. The quantitative estimate of drug-likeness (QED) is 0.755. The Bertz CT molecular complexity index is 503. The van der Waals surface area contributed by atoms with Crippen molar-refractivity contribution in [1.82, 2.24) is 0 Å². The molecular weight excluding hydrogens is 284 g/mol. The number of hydrogen-bond donors (Lipinski definition) is 0. The molecule has 1 rings (SSSR count). The molecule has 1 unspecified atom stereocenters. The highest BCUT2D eigenvalue weighted by Crippen LogP contribution is 2.24. The minimum Gasteiger partial charge on any atom is -0.493 e. The van der Waals surface area contributed by atoms with Crippen molar-refractivity contribution in [3.8, 4) is 5.75 Å². The van der Waals surface area contributed by atoms with E-state index in [1.54, 1.807) is 0 Å². The molecule has 0 amide bonds. The van der Waals surface area contributed by atoms with Gasteiger partial charge in [0.05, 0.1) is 12.4 Å². The zero-order valence-corrected chi connectivity index (χ0v) is 13.4. The first-order chi connectivity index (χ1) is 8.70. The van der Waals surface area contributed by atoms with Gasteiger partial charge in [-0.1, -0.05) is 32.0 Å². The summed E-state index contributed by atoms with van der Waals surface area (Å²) < 4.78 is 28.2. The maximum atomic E-state index is 11.2. The van der Waals surface area contributed by atoms with E-state index in [0.717, 1.165) is 16.9 Å². The molecule has 0 aliphatic heterocycles. The van der Waals surface area contributed by atoms with Crippen LogP contribution in [0.1, 0.15) is 25.0 Å². The third kappa shape index (κ3) is 5.41. The van der Waals surface area contributed by atoms with Crippen LogP contribution in [0.15, 0.2) is 18.2 Å². The minimum absolute atomic E-state index is 0.0584. The van der Waals surface area contributed by atoms with Crippen LogP contribution >= 0.6 is 10.7 Å². The zero-order valence-electron chi connectivity index (χ0n) is 11.8. The predicted octanol–water partition coefficient (Wildman–Crippen LogP) is 3.52. The number of ether oxygens (including phenoxy) is 1. The number of benzene rings is 1. The van der Waals surface area contributed by atoms with Gasteiger partial charge in [-0.25, -0.2) is 8.42 Å². The number of para-hydroxylation sites is 1. The van der Waals surface area contributed by atoms with E-state index in [1.807, 2.05) is 45.9 Å². The Kier molecular flexibility index (Phi) is 5.68. The van der Waals surface area contributed by atoms with Crippen LogP contribution in [0.5, 0.6) is 5.75 Å². The van der Waals surface area contributed by atoms with E-state index in [4.69, 9.17) is 15.4 Å². The van der Waals surface area contributed by atoms with Gasteiger partial charge in [0, 0.05) is 16.6 Å². The Morgan fingerprint density at radius 3 is 2.16 bits per heavy atom. The second-order valence-electron chi connectivity index (χ2n) is 5.24. The Morgan fingerprint density at radius 2 is 1.74 bits per heavy atom. The summed E-state index contributed by atoms with van der Waals surface area (Å²) in [5.41, 5.74) is 2.10. The van der Waals surface area contributed by atoms with Crippen molar-refractivity contribution in [2.45, 2.75) is 27.7 Å². The maximum absolute atomic E-state index is 11.2. The van der Waals surface area contributed by atoms with E-state index >= 15 is 0 Å². The van der Waals surface area contributed by atoms with Gasteiger partial charge in [0.1, 0.15) is 5.75 Å². The van der Waals surface area contributed by atoms with Crippen LogP contribution in [0, 0.1) is 25.7 Å². The minimum atomic E-state index is -3.50. The molecule has 1 atom stereocenters. The Labute approximate surface area is 120 Å². The molecule has 108 valence electrons. The third-order valence-corrected chi connectivity index (χ3v) is 4.41. The van der Waals surface area contributed by atoms with Gasteiger partial charge in [0.15, 0.2) is 0 Å². The van der Waals surface area contributed by atoms with Gasteiger partial charge in [0.25, 0.3) is 0 Å². The lowest BCUT2D eigenvalue weighted by molar-refractivity contribution is 0.223. The summed E-state index contributed by atoms with van der Waals surface area (Å²) >= 11 is 0. The van der Waals surface area contributed by atoms with E-state index in [2.05, 4.69) is 0 Å². The summed E-state index contributed by atoms with van der Waals surface area (Å²) in [6.07, 6.45) is 0. The smallest absolute Gasteiger partial charge is 0.233 e. The van der Waals surface area contributed by atoms with E-state index in [1.165, 1.54) is 0 Å². The topological polar surface area (TPSA) is 43.4 Å². The predicted molar refractivity (Wildman–Crippen MR) is 79.4 cm³/mol. The lowest BCUT2D eigenvalue weighted by Crippen LogP contribution is -2.25. The van der Waals surface area contributed by atoms with E-state index < -0.39 is 9.05 Å². The standard InChI is InChI=1S/C14H21ClO3S/c1-10(2)13(9-19(15,16)17)8-18-14-11(3)6-5-7-12(14)4/h5-7,10,13H,8-9H2,1-4H3. The highest BCUT2D eigenvalue weighted by Gasteiger charge is 2.21. The molecule has 0 N–H and O–H groups in total. The average Bonchev–Trinajstić information content (AvgIpc) is 2.24. The molecule has 0 aliphatic carbocycles. The first-order valence-corrected chi connectivity index (χ1v) is 8.80. The monoisotopic (exact) mass is 304 g/mol. The second kappa shape index (κ2) is 6.62. The highest BCUT2D eigenvalue weighted by atomic mass is 35.7. The summed E-state index contributed by atoms with van der Waals surface area (Å²) in [5, 5.41) is 0. The largest absolute Gasteiger partial charge is 0.493 e. The van der Waals surface area contributed by atoms with Crippen LogP contribution in [0.4, 0.5) is 0 Å². The summed E-state index contributed by atoms with van der Waals surface area (Å²) in [5.74, 6) is 0.858. The summed E-state index contributed by atoms with van der Waals surface area (Å²) in [6.45, 7) is 8.26. The molecule has 0 aromatic heterocycles. The molecule has 1 aromatic rings. The van der Waals surface area contributed by atoms with E-state index in [-0.39, 0.29) is 17.6 Å². The number of halogens is 1. The van der Waals surface area contributed by atoms with Crippen molar-refractivity contribution in [3.05, 3.63) is 29.3 Å². The third-order valence-electron chi connectivity index (χ3n) is 3.21. The van der Waals surface area contributed by atoms with Crippen LogP contribution in [0.2, 0.25) is 0 Å². The molecule has 5 heteroatoms. The van der Waals surface area contributed by atoms with Gasteiger partial charge in [-0.2, -0.15) is 0 Å². The molecule has 1 aromatic carbocycles. The molecule has 0 fully saturated rings. The molecule has 0 spiro atoms. The average molecular weight is 305 g/mol. The second-order valence-corrected chi connectivity index (χ2v) is 8.06. The van der Waals surface area contributed by atoms with Crippen molar-refractivity contribution < 1.29 is 13.2 Å². The lowest BCUT2D eigenvalue weighted by atomic mass is 9.99. The van der Waals surface area contributed by atoms with Crippen molar-refractivity contribution in [3.63, 3.8) is 0 Å². The fraction of sp³-hybridized carbons (Fsp3) is 0.571. The first-order valence-electron chi connectivity index (χ1n) is 6.32. The van der Waals surface area contributed by atoms with Crippen molar-refractivity contribution in [1.29, 1.82) is 0 Å². The van der Waals surface area contributed by atoms with E-state index in [9.17, 15) is 8.42 Å². The van der Waals surface area contributed by atoms with Crippen LogP contribution in [0.3, 0.4) is 0 Å².